The number of nitrogens with zero attached hydrogens (tertiary/aromatic N) is 1. The molecule has 1 aliphatic rings. The Labute approximate surface area is 164 Å². The summed E-state index contributed by atoms with van der Waals surface area (Å²) in [4.78, 5) is 13.7. The third-order valence-electron chi connectivity index (χ3n) is 5.51. The SMILES string of the molecule is CCOC(=O)CC1CCC(CN(CC)c2ccc(C(F)(F)F)cc2CO)CC1. The summed E-state index contributed by atoms with van der Waals surface area (Å²) in [5.74, 6) is 0.634. The van der Waals surface area contributed by atoms with Crippen LogP contribution in [0.25, 0.3) is 0 Å². The van der Waals surface area contributed by atoms with Gasteiger partial charge in [-0.05, 0) is 69.6 Å². The maximum absolute atomic E-state index is 12.9. The zero-order valence-electron chi connectivity index (χ0n) is 16.6. The molecule has 0 heterocycles. The second-order valence-electron chi connectivity index (χ2n) is 7.43. The van der Waals surface area contributed by atoms with Gasteiger partial charge < -0.3 is 14.7 Å². The van der Waals surface area contributed by atoms with Crippen LogP contribution in [0.15, 0.2) is 18.2 Å². The molecular weight excluding hydrogens is 371 g/mol. The van der Waals surface area contributed by atoms with Crippen molar-refractivity contribution >= 4 is 11.7 Å². The molecule has 28 heavy (non-hydrogen) atoms. The first kappa shape index (κ1) is 22.5. The number of aliphatic hydroxyl groups excluding tert-OH is 1. The Bertz CT molecular complexity index is 640. The van der Waals surface area contributed by atoms with Gasteiger partial charge in [0, 0.05) is 30.8 Å². The van der Waals surface area contributed by atoms with Crippen LogP contribution in [0.2, 0.25) is 0 Å². The van der Waals surface area contributed by atoms with Crippen LogP contribution in [0.4, 0.5) is 18.9 Å². The largest absolute Gasteiger partial charge is 0.466 e. The fourth-order valence-corrected chi connectivity index (χ4v) is 3.98. The Morgan fingerprint density at radius 1 is 1.18 bits per heavy atom. The Balaban J connectivity index is 1.99. The van der Waals surface area contributed by atoms with E-state index in [2.05, 4.69) is 0 Å². The van der Waals surface area contributed by atoms with E-state index in [9.17, 15) is 23.1 Å². The van der Waals surface area contributed by atoms with E-state index in [1.807, 2.05) is 11.8 Å². The van der Waals surface area contributed by atoms with Crippen LogP contribution in [-0.4, -0.2) is 30.8 Å². The van der Waals surface area contributed by atoms with Crippen LogP contribution < -0.4 is 4.90 Å². The van der Waals surface area contributed by atoms with Gasteiger partial charge in [0.15, 0.2) is 0 Å². The molecule has 1 aromatic rings. The average molecular weight is 401 g/mol. The van der Waals surface area contributed by atoms with Crippen LogP contribution in [0.1, 0.15) is 57.1 Å². The lowest BCUT2D eigenvalue weighted by molar-refractivity contribution is -0.144. The van der Waals surface area contributed by atoms with E-state index in [-0.39, 0.29) is 5.97 Å². The minimum absolute atomic E-state index is 0.140. The highest BCUT2D eigenvalue weighted by Crippen LogP contribution is 2.35. The number of hydrogen-bond acceptors (Lipinski definition) is 4. The summed E-state index contributed by atoms with van der Waals surface area (Å²) in [7, 11) is 0. The van der Waals surface area contributed by atoms with Crippen molar-refractivity contribution in [3.63, 3.8) is 0 Å². The van der Waals surface area contributed by atoms with Crippen LogP contribution in [0.5, 0.6) is 0 Å². The molecule has 1 fully saturated rings. The number of halogens is 3. The number of carbonyl (C=O) groups excluding carboxylic acids is 1. The lowest BCUT2D eigenvalue weighted by atomic mass is 9.80. The maximum Gasteiger partial charge on any atom is 0.416 e. The maximum atomic E-state index is 12.9. The monoisotopic (exact) mass is 401 g/mol. The van der Waals surface area contributed by atoms with Gasteiger partial charge in [0.2, 0.25) is 0 Å². The quantitative estimate of drug-likeness (QED) is 0.637. The van der Waals surface area contributed by atoms with Crippen molar-refractivity contribution in [1.29, 1.82) is 0 Å². The number of anilines is 1. The first-order valence-corrected chi connectivity index (χ1v) is 10.00. The van der Waals surface area contributed by atoms with E-state index in [0.29, 0.717) is 42.7 Å². The van der Waals surface area contributed by atoms with Crippen LogP contribution in [-0.2, 0) is 22.3 Å². The molecule has 0 radical (unpaired) electrons. The normalized spacial score (nSPS) is 20.1. The average Bonchev–Trinajstić information content (AvgIpc) is 2.66. The molecule has 1 N–H and O–H groups in total. The summed E-state index contributed by atoms with van der Waals surface area (Å²) in [5, 5.41) is 9.58. The summed E-state index contributed by atoms with van der Waals surface area (Å²) in [6.45, 7) is 5.13. The van der Waals surface area contributed by atoms with Gasteiger partial charge in [-0.1, -0.05) is 0 Å². The second-order valence-corrected chi connectivity index (χ2v) is 7.43. The third kappa shape index (κ3) is 6.12. The summed E-state index contributed by atoms with van der Waals surface area (Å²) in [6.07, 6.45) is -0.0739. The van der Waals surface area contributed by atoms with Crippen molar-refractivity contribution in [3.8, 4) is 0 Å². The predicted molar refractivity (Wildman–Crippen MR) is 102 cm³/mol. The van der Waals surface area contributed by atoms with Gasteiger partial charge in [0.05, 0.1) is 18.8 Å². The number of ether oxygens (including phenoxy) is 1. The molecule has 1 aromatic carbocycles. The molecule has 0 saturated heterocycles. The summed E-state index contributed by atoms with van der Waals surface area (Å²) in [6, 6.07) is 3.58. The van der Waals surface area contributed by atoms with Gasteiger partial charge in [0.25, 0.3) is 0 Å². The van der Waals surface area contributed by atoms with Gasteiger partial charge in [-0.15, -0.1) is 0 Å². The van der Waals surface area contributed by atoms with Crippen LogP contribution >= 0.6 is 0 Å². The molecule has 1 saturated carbocycles. The molecule has 1 aliphatic carbocycles. The van der Waals surface area contributed by atoms with Gasteiger partial charge in [0.1, 0.15) is 0 Å². The van der Waals surface area contributed by atoms with Gasteiger partial charge in [-0.2, -0.15) is 13.2 Å². The van der Waals surface area contributed by atoms with Crippen molar-refractivity contribution in [2.75, 3.05) is 24.6 Å². The lowest BCUT2D eigenvalue weighted by Crippen LogP contribution is -2.32. The second kappa shape index (κ2) is 10.1. The predicted octanol–water partition coefficient (Wildman–Crippen LogP) is 4.78. The zero-order valence-corrected chi connectivity index (χ0v) is 16.6. The number of aliphatic hydroxyl groups is 1. The van der Waals surface area contributed by atoms with E-state index in [4.69, 9.17) is 4.74 Å². The number of esters is 1. The molecule has 0 aliphatic heterocycles. The van der Waals surface area contributed by atoms with Crippen molar-refractivity contribution in [2.24, 2.45) is 11.8 Å². The zero-order chi connectivity index (χ0) is 20.7. The smallest absolute Gasteiger partial charge is 0.416 e. The molecule has 0 amide bonds. The molecular formula is C21H30F3NO3. The molecule has 158 valence electrons. The summed E-state index contributed by atoms with van der Waals surface area (Å²) in [5.41, 5.74) is 0.218. The third-order valence-corrected chi connectivity index (χ3v) is 5.51. The van der Waals surface area contributed by atoms with Crippen molar-refractivity contribution in [3.05, 3.63) is 29.3 Å². The number of hydrogen-bond donors (Lipinski definition) is 1. The highest BCUT2D eigenvalue weighted by atomic mass is 19.4. The topological polar surface area (TPSA) is 49.8 Å². The molecule has 4 nitrogen and oxygen atoms in total. The molecule has 7 heteroatoms. The summed E-state index contributed by atoms with van der Waals surface area (Å²) < 4.78 is 43.8. The fraction of sp³-hybridized carbons (Fsp3) is 0.667. The van der Waals surface area contributed by atoms with Gasteiger partial charge >= 0.3 is 12.1 Å². The Morgan fingerprint density at radius 2 is 1.82 bits per heavy atom. The first-order chi connectivity index (χ1) is 13.3. The van der Waals surface area contributed by atoms with Crippen LogP contribution in [0, 0.1) is 11.8 Å². The van der Waals surface area contributed by atoms with Gasteiger partial charge in [-0.3, -0.25) is 4.79 Å². The Morgan fingerprint density at radius 3 is 2.36 bits per heavy atom. The van der Waals surface area contributed by atoms with Crippen LogP contribution in [0.3, 0.4) is 0 Å². The highest BCUT2D eigenvalue weighted by molar-refractivity contribution is 5.69. The van der Waals surface area contributed by atoms with Crippen molar-refractivity contribution in [2.45, 2.75) is 58.7 Å². The minimum Gasteiger partial charge on any atom is -0.466 e. The van der Waals surface area contributed by atoms with Gasteiger partial charge in [-0.25, -0.2) is 0 Å². The number of carbonyl (C=O) groups is 1. The van der Waals surface area contributed by atoms with E-state index in [0.717, 1.165) is 44.4 Å². The molecule has 2 rings (SSSR count). The number of alkyl halides is 3. The molecule has 0 bridgehead atoms. The van der Waals surface area contributed by atoms with Crippen molar-refractivity contribution in [1.82, 2.24) is 0 Å². The molecule has 0 aromatic heterocycles. The van der Waals surface area contributed by atoms with E-state index in [1.165, 1.54) is 6.07 Å². The minimum atomic E-state index is -4.42. The Kier molecular flexibility index (Phi) is 8.16. The first-order valence-electron chi connectivity index (χ1n) is 10.00. The Hall–Kier alpha value is -1.76. The highest BCUT2D eigenvalue weighted by Gasteiger charge is 2.31. The number of benzene rings is 1. The standard InChI is InChI=1S/C21H30F3NO3/c1-3-25(19-10-9-18(21(22,23)24)12-17(19)14-26)13-16-7-5-15(6-8-16)11-20(27)28-4-2/h9-10,12,15-16,26H,3-8,11,13-14H2,1-2H3. The number of rotatable bonds is 8. The van der Waals surface area contributed by atoms with E-state index >= 15 is 0 Å². The molecule has 0 atom stereocenters. The fourth-order valence-electron chi connectivity index (χ4n) is 3.98. The molecule has 0 unspecified atom stereocenters. The lowest BCUT2D eigenvalue weighted by Gasteiger charge is -2.34. The van der Waals surface area contributed by atoms with Crippen molar-refractivity contribution < 1.29 is 27.8 Å². The van der Waals surface area contributed by atoms with E-state index in [1.54, 1.807) is 6.92 Å². The summed E-state index contributed by atoms with van der Waals surface area (Å²) >= 11 is 0. The van der Waals surface area contributed by atoms with E-state index < -0.39 is 18.3 Å². The molecule has 0 spiro atoms.